The summed E-state index contributed by atoms with van der Waals surface area (Å²) in [5.74, 6) is 5.80. The van der Waals surface area contributed by atoms with Gasteiger partial charge in [0.15, 0.2) is 0 Å². The molecule has 0 radical (unpaired) electrons. The van der Waals surface area contributed by atoms with E-state index in [1.54, 1.807) is 31.3 Å². The first-order valence-electron chi connectivity index (χ1n) is 5.65. The lowest BCUT2D eigenvalue weighted by Gasteiger charge is -2.03. The van der Waals surface area contributed by atoms with Gasteiger partial charge in [-0.15, -0.1) is 0 Å². The van der Waals surface area contributed by atoms with Gasteiger partial charge in [-0.3, -0.25) is 10.1 Å². The molecule has 0 saturated carbocycles. The van der Waals surface area contributed by atoms with Gasteiger partial charge in [-0.05, 0) is 24.3 Å². The smallest absolute Gasteiger partial charge is 0.258 e. The summed E-state index contributed by atoms with van der Waals surface area (Å²) >= 11 is 0. The Balaban J connectivity index is 2.10. The molecule has 19 heavy (non-hydrogen) atoms. The zero-order valence-corrected chi connectivity index (χ0v) is 10.4. The lowest BCUT2D eigenvalue weighted by Crippen LogP contribution is -2.15. The minimum Gasteiger partial charge on any atom is -0.320 e. The zero-order valence-electron chi connectivity index (χ0n) is 10.4. The molecule has 2 rings (SSSR count). The van der Waals surface area contributed by atoms with Crippen LogP contribution in [0.3, 0.4) is 0 Å². The number of amides is 1. The van der Waals surface area contributed by atoms with E-state index < -0.39 is 0 Å². The predicted molar refractivity (Wildman–Crippen MR) is 71.3 cm³/mol. The molecule has 0 aliphatic heterocycles. The van der Waals surface area contributed by atoms with Gasteiger partial charge in [0.25, 0.3) is 5.91 Å². The van der Waals surface area contributed by atoms with Crippen LogP contribution < -0.4 is 11.1 Å². The second kappa shape index (κ2) is 5.80. The van der Waals surface area contributed by atoms with Crippen molar-refractivity contribution in [1.82, 2.24) is 14.8 Å². The van der Waals surface area contributed by atoms with Crippen molar-refractivity contribution in [3.8, 4) is 11.8 Å². The Hall–Kier alpha value is -2.65. The number of nitrogens with one attached hydrogen (secondary N) is 1. The van der Waals surface area contributed by atoms with Crippen LogP contribution in [0.5, 0.6) is 0 Å². The van der Waals surface area contributed by atoms with Crippen LogP contribution in [-0.4, -0.2) is 27.2 Å². The third kappa shape index (κ3) is 3.18. The number of benzene rings is 1. The van der Waals surface area contributed by atoms with Gasteiger partial charge in [0.1, 0.15) is 6.33 Å². The van der Waals surface area contributed by atoms with E-state index in [1.165, 1.54) is 11.0 Å². The molecule has 6 nitrogen and oxygen atoms in total. The molecule has 96 valence electrons. The largest absolute Gasteiger partial charge is 0.320 e. The van der Waals surface area contributed by atoms with Crippen molar-refractivity contribution in [2.24, 2.45) is 12.8 Å². The summed E-state index contributed by atoms with van der Waals surface area (Å²) in [6.07, 6.45) is 1.38. The van der Waals surface area contributed by atoms with Crippen molar-refractivity contribution >= 4 is 11.9 Å². The highest BCUT2D eigenvalue weighted by molar-refractivity contribution is 6.03. The summed E-state index contributed by atoms with van der Waals surface area (Å²) in [5.41, 5.74) is 6.64. The minimum absolute atomic E-state index is 0.241. The lowest BCUT2D eigenvalue weighted by molar-refractivity contribution is 0.102. The van der Waals surface area contributed by atoms with Crippen molar-refractivity contribution < 1.29 is 4.79 Å². The van der Waals surface area contributed by atoms with Gasteiger partial charge in [0.2, 0.25) is 5.95 Å². The van der Waals surface area contributed by atoms with Crippen LogP contribution in [0, 0.1) is 11.8 Å². The topological polar surface area (TPSA) is 85.8 Å². The number of rotatable bonds is 2. The number of carbonyl (C=O) groups is 1. The van der Waals surface area contributed by atoms with Crippen LogP contribution in [0.2, 0.25) is 0 Å². The number of carbonyl (C=O) groups excluding carboxylic acids is 1. The van der Waals surface area contributed by atoms with Crippen molar-refractivity contribution in [3.05, 3.63) is 41.7 Å². The molecule has 0 saturated heterocycles. The second-order valence-corrected chi connectivity index (χ2v) is 3.74. The van der Waals surface area contributed by atoms with Crippen LogP contribution in [0.25, 0.3) is 0 Å². The van der Waals surface area contributed by atoms with Gasteiger partial charge in [-0.2, -0.15) is 10.1 Å². The van der Waals surface area contributed by atoms with Crippen LogP contribution in [0.15, 0.2) is 30.6 Å². The number of anilines is 1. The van der Waals surface area contributed by atoms with E-state index in [-0.39, 0.29) is 5.91 Å². The fourth-order valence-electron chi connectivity index (χ4n) is 1.44. The molecule has 0 fully saturated rings. The summed E-state index contributed by atoms with van der Waals surface area (Å²) in [5, 5.41) is 6.54. The summed E-state index contributed by atoms with van der Waals surface area (Å²) in [7, 11) is 1.70. The summed E-state index contributed by atoms with van der Waals surface area (Å²) in [6, 6.07) is 6.95. The van der Waals surface area contributed by atoms with E-state index in [0.717, 1.165) is 5.56 Å². The Morgan fingerprint density at radius 1 is 1.42 bits per heavy atom. The molecule has 2 aromatic rings. The Morgan fingerprint density at radius 3 is 2.74 bits per heavy atom. The fraction of sp³-hybridized carbons (Fsp3) is 0.154. The minimum atomic E-state index is -0.241. The van der Waals surface area contributed by atoms with E-state index in [4.69, 9.17) is 5.73 Å². The highest BCUT2D eigenvalue weighted by Gasteiger charge is 2.08. The first kappa shape index (κ1) is 12.8. The maximum Gasteiger partial charge on any atom is 0.258 e. The standard InChI is InChI=1S/C13H13N5O/c1-18-13(15-9-16-18)17-12(19)11-6-4-10(5-7-11)3-2-8-14/h4-7,9H,8,14H2,1H3,(H,15,16,17,19). The highest BCUT2D eigenvalue weighted by Crippen LogP contribution is 2.06. The van der Waals surface area contributed by atoms with E-state index in [0.29, 0.717) is 18.1 Å². The van der Waals surface area contributed by atoms with Gasteiger partial charge < -0.3 is 5.73 Å². The molecule has 1 heterocycles. The quantitative estimate of drug-likeness (QED) is 0.759. The van der Waals surface area contributed by atoms with Crippen molar-refractivity contribution in [2.75, 3.05) is 11.9 Å². The first-order valence-corrected chi connectivity index (χ1v) is 5.65. The van der Waals surface area contributed by atoms with E-state index in [1.807, 2.05) is 0 Å². The number of aryl methyl sites for hydroxylation is 1. The van der Waals surface area contributed by atoms with E-state index in [2.05, 4.69) is 27.2 Å². The average Bonchev–Trinajstić information content (AvgIpc) is 2.82. The normalized spacial score (nSPS) is 9.58. The second-order valence-electron chi connectivity index (χ2n) is 3.74. The van der Waals surface area contributed by atoms with Crippen LogP contribution in [0.1, 0.15) is 15.9 Å². The number of nitrogens with two attached hydrogens (primary N) is 1. The number of aromatic nitrogens is 3. The Bertz CT molecular complexity index is 633. The maximum atomic E-state index is 11.9. The predicted octanol–water partition coefficient (Wildman–Crippen LogP) is 0.378. The molecule has 0 aliphatic carbocycles. The molecule has 0 aliphatic rings. The molecule has 6 heteroatoms. The molecular formula is C13H13N5O. The number of nitrogens with zero attached hydrogens (tertiary/aromatic N) is 3. The SMILES string of the molecule is Cn1ncnc1NC(=O)c1ccc(C#CCN)cc1. The Kier molecular flexibility index (Phi) is 3.90. The summed E-state index contributed by atoms with van der Waals surface area (Å²) in [4.78, 5) is 15.9. The van der Waals surface area contributed by atoms with Gasteiger partial charge in [-0.25, -0.2) is 4.68 Å². The molecule has 1 amide bonds. The first-order chi connectivity index (χ1) is 9.20. The molecule has 0 atom stereocenters. The van der Waals surface area contributed by atoms with Crippen LogP contribution >= 0.6 is 0 Å². The molecule has 3 N–H and O–H groups in total. The molecule has 0 spiro atoms. The van der Waals surface area contributed by atoms with Crippen LogP contribution in [0.4, 0.5) is 5.95 Å². The van der Waals surface area contributed by atoms with E-state index in [9.17, 15) is 4.79 Å². The Morgan fingerprint density at radius 2 is 2.16 bits per heavy atom. The zero-order chi connectivity index (χ0) is 13.7. The summed E-state index contributed by atoms with van der Waals surface area (Å²) in [6.45, 7) is 0.314. The molecular weight excluding hydrogens is 242 g/mol. The Labute approximate surface area is 110 Å². The lowest BCUT2D eigenvalue weighted by atomic mass is 10.1. The van der Waals surface area contributed by atoms with Crippen molar-refractivity contribution in [1.29, 1.82) is 0 Å². The average molecular weight is 255 g/mol. The molecule has 0 bridgehead atoms. The third-order valence-electron chi connectivity index (χ3n) is 2.42. The molecule has 1 aromatic carbocycles. The number of hydrogen-bond acceptors (Lipinski definition) is 4. The monoisotopic (exact) mass is 255 g/mol. The van der Waals surface area contributed by atoms with Gasteiger partial charge in [-0.1, -0.05) is 11.8 Å². The van der Waals surface area contributed by atoms with Crippen molar-refractivity contribution in [2.45, 2.75) is 0 Å². The fourth-order valence-corrected chi connectivity index (χ4v) is 1.44. The van der Waals surface area contributed by atoms with Gasteiger partial charge in [0.05, 0.1) is 6.54 Å². The molecule has 1 aromatic heterocycles. The van der Waals surface area contributed by atoms with Gasteiger partial charge >= 0.3 is 0 Å². The van der Waals surface area contributed by atoms with E-state index >= 15 is 0 Å². The third-order valence-corrected chi connectivity index (χ3v) is 2.42. The van der Waals surface area contributed by atoms with Crippen molar-refractivity contribution in [3.63, 3.8) is 0 Å². The van der Waals surface area contributed by atoms with Gasteiger partial charge in [0, 0.05) is 18.2 Å². The van der Waals surface area contributed by atoms with Crippen LogP contribution in [-0.2, 0) is 7.05 Å². The number of hydrogen-bond donors (Lipinski definition) is 2. The summed E-state index contributed by atoms with van der Waals surface area (Å²) < 4.78 is 1.49. The highest BCUT2D eigenvalue weighted by atomic mass is 16.1. The molecule has 0 unspecified atom stereocenters. The maximum absolute atomic E-state index is 11.9.